The van der Waals surface area contributed by atoms with Crippen molar-refractivity contribution in [2.24, 2.45) is 5.92 Å². The first-order valence-corrected chi connectivity index (χ1v) is 5.32. The molecule has 96 valence electrons. The van der Waals surface area contributed by atoms with E-state index >= 15 is 0 Å². The van der Waals surface area contributed by atoms with Crippen molar-refractivity contribution in [1.82, 2.24) is 15.0 Å². The van der Waals surface area contributed by atoms with Gasteiger partial charge >= 0.3 is 12.0 Å². The molecule has 0 saturated heterocycles. The van der Waals surface area contributed by atoms with Gasteiger partial charge in [-0.15, -0.1) is 4.98 Å². The van der Waals surface area contributed by atoms with Gasteiger partial charge in [-0.1, -0.05) is 13.8 Å². The highest BCUT2D eigenvalue weighted by molar-refractivity contribution is 5.27. The molecule has 0 amide bonds. The number of nitrogens with one attached hydrogen (secondary N) is 1. The molecule has 0 fully saturated rings. The third-order valence-electron chi connectivity index (χ3n) is 2.20. The number of ether oxygens (including phenoxy) is 2. The van der Waals surface area contributed by atoms with Crippen LogP contribution in [0.5, 0.6) is 12.0 Å². The van der Waals surface area contributed by atoms with Crippen molar-refractivity contribution in [1.29, 1.82) is 0 Å². The summed E-state index contributed by atoms with van der Waals surface area (Å²) in [5.41, 5.74) is 0. The highest BCUT2D eigenvalue weighted by Gasteiger charge is 2.11. The summed E-state index contributed by atoms with van der Waals surface area (Å²) in [6.45, 7) is 4.22. The van der Waals surface area contributed by atoms with Gasteiger partial charge in [0.15, 0.2) is 0 Å². The van der Waals surface area contributed by atoms with Crippen LogP contribution in [0, 0.1) is 5.92 Å². The van der Waals surface area contributed by atoms with Crippen molar-refractivity contribution < 1.29 is 14.6 Å². The fraction of sp³-hybridized carbons (Fsp3) is 0.700. The molecular weight excluding hydrogens is 224 g/mol. The van der Waals surface area contributed by atoms with Crippen molar-refractivity contribution >= 4 is 5.95 Å². The molecular formula is C10H18N4O3. The minimum Gasteiger partial charge on any atom is -0.467 e. The van der Waals surface area contributed by atoms with E-state index in [1.165, 1.54) is 14.2 Å². The van der Waals surface area contributed by atoms with Gasteiger partial charge in [0.1, 0.15) is 0 Å². The van der Waals surface area contributed by atoms with Gasteiger partial charge in [0, 0.05) is 6.54 Å². The Balaban J connectivity index is 2.70. The maximum absolute atomic E-state index is 9.64. The summed E-state index contributed by atoms with van der Waals surface area (Å²) >= 11 is 0. The smallest absolute Gasteiger partial charge is 0.324 e. The second-order valence-electron chi connectivity index (χ2n) is 3.82. The predicted octanol–water partition coefficient (Wildman–Crippen LogP) is 0.318. The topological polar surface area (TPSA) is 89.4 Å². The van der Waals surface area contributed by atoms with Gasteiger partial charge in [-0.05, 0) is 5.92 Å². The lowest BCUT2D eigenvalue weighted by Crippen LogP contribution is -2.25. The fourth-order valence-electron chi connectivity index (χ4n) is 1.03. The predicted molar refractivity (Wildman–Crippen MR) is 62.3 cm³/mol. The van der Waals surface area contributed by atoms with Gasteiger partial charge in [-0.3, -0.25) is 0 Å². The van der Waals surface area contributed by atoms with Gasteiger partial charge in [0.05, 0.1) is 20.3 Å². The molecule has 1 atom stereocenters. The molecule has 0 radical (unpaired) electrons. The minimum atomic E-state index is -0.469. The summed E-state index contributed by atoms with van der Waals surface area (Å²) in [6.07, 6.45) is -0.469. The van der Waals surface area contributed by atoms with Gasteiger partial charge in [0.25, 0.3) is 0 Å². The Kier molecular flexibility index (Phi) is 4.89. The highest BCUT2D eigenvalue weighted by Crippen LogP contribution is 2.12. The van der Waals surface area contributed by atoms with Gasteiger partial charge < -0.3 is 19.9 Å². The second kappa shape index (κ2) is 6.19. The Bertz CT molecular complexity index is 337. The Hall–Kier alpha value is -1.63. The van der Waals surface area contributed by atoms with E-state index in [1.807, 2.05) is 13.8 Å². The summed E-state index contributed by atoms with van der Waals surface area (Å²) in [4.78, 5) is 11.8. The van der Waals surface area contributed by atoms with Crippen LogP contribution in [-0.4, -0.2) is 46.9 Å². The lowest BCUT2D eigenvalue weighted by atomic mass is 10.1. The molecule has 17 heavy (non-hydrogen) atoms. The monoisotopic (exact) mass is 242 g/mol. The van der Waals surface area contributed by atoms with Crippen LogP contribution in [0.4, 0.5) is 5.95 Å². The number of aromatic nitrogens is 3. The van der Waals surface area contributed by atoms with Gasteiger partial charge in [-0.2, -0.15) is 9.97 Å². The highest BCUT2D eigenvalue weighted by atomic mass is 16.5. The quantitative estimate of drug-likeness (QED) is 0.742. The first-order chi connectivity index (χ1) is 8.06. The van der Waals surface area contributed by atoms with E-state index in [2.05, 4.69) is 20.3 Å². The Labute approximate surface area is 100 Å². The summed E-state index contributed by atoms with van der Waals surface area (Å²) in [5.74, 6) is 0.474. The summed E-state index contributed by atoms with van der Waals surface area (Å²) < 4.78 is 9.81. The number of methoxy groups -OCH3 is 2. The standard InChI is InChI=1S/C10H18N4O3/c1-6(2)7(15)5-11-8-12-9(16-3)14-10(13-8)17-4/h6-7,15H,5H2,1-4H3,(H,11,12,13,14). The Morgan fingerprint density at radius 1 is 1.12 bits per heavy atom. The van der Waals surface area contributed by atoms with Crippen LogP contribution in [0.1, 0.15) is 13.8 Å². The van der Waals surface area contributed by atoms with Crippen molar-refractivity contribution in [2.45, 2.75) is 20.0 Å². The molecule has 7 nitrogen and oxygen atoms in total. The summed E-state index contributed by atoms with van der Waals surface area (Å²) in [5, 5.41) is 12.5. The maximum atomic E-state index is 9.64. The molecule has 0 aliphatic heterocycles. The summed E-state index contributed by atoms with van der Waals surface area (Å²) in [7, 11) is 2.92. The molecule has 0 spiro atoms. The van der Waals surface area contributed by atoms with Crippen molar-refractivity contribution in [3.8, 4) is 12.0 Å². The van der Waals surface area contributed by atoms with Crippen molar-refractivity contribution in [3.63, 3.8) is 0 Å². The van der Waals surface area contributed by atoms with E-state index in [4.69, 9.17) is 9.47 Å². The molecule has 1 unspecified atom stereocenters. The third kappa shape index (κ3) is 4.03. The third-order valence-corrected chi connectivity index (χ3v) is 2.20. The average Bonchev–Trinajstić information content (AvgIpc) is 2.35. The van der Waals surface area contributed by atoms with Crippen molar-refractivity contribution in [2.75, 3.05) is 26.1 Å². The Morgan fingerprint density at radius 2 is 1.65 bits per heavy atom. The normalized spacial score (nSPS) is 12.4. The van der Waals surface area contributed by atoms with E-state index in [-0.39, 0.29) is 17.9 Å². The molecule has 1 heterocycles. The minimum absolute atomic E-state index is 0.160. The number of hydrogen-bond donors (Lipinski definition) is 2. The number of aliphatic hydroxyl groups is 1. The van der Waals surface area contributed by atoms with Crippen LogP contribution in [0.15, 0.2) is 0 Å². The van der Waals surface area contributed by atoms with Gasteiger partial charge in [-0.25, -0.2) is 0 Å². The fourth-order valence-corrected chi connectivity index (χ4v) is 1.03. The molecule has 0 aromatic carbocycles. The molecule has 0 bridgehead atoms. The summed E-state index contributed by atoms with van der Waals surface area (Å²) in [6, 6.07) is 0.330. The SMILES string of the molecule is COc1nc(NCC(O)C(C)C)nc(OC)n1. The first kappa shape index (κ1) is 13.4. The zero-order valence-corrected chi connectivity index (χ0v) is 10.5. The Morgan fingerprint density at radius 3 is 2.06 bits per heavy atom. The van der Waals surface area contributed by atoms with Crippen LogP contribution >= 0.6 is 0 Å². The second-order valence-corrected chi connectivity index (χ2v) is 3.82. The van der Waals surface area contributed by atoms with Gasteiger partial charge in [0.2, 0.25) is 5.95 Å². The zero-order valence-electron chi connectivity index (χ0n) is 10.5. The largest absolute Gasteiger partial charge is 0.467 e. The van der Waals surface area contributed by atoms with Crippen LogP contribution in [0.3, 0.4) is 0 Å². The van der Waals surface area contributed by atoms with Crippen LogP contribution in [0.2, 0.25) is 0 Å². The van der Waals surface area contributed by atoms with Crippen LogP contribution < -0.4 is 14.8 Å². The van der Waals surface area contributed by atoms with Crippen LogP contribution in [-0.2, 0) is 0 Å². The van der Waals surface area contributed by atoms with E-state index in [0.717, 1.165) is 0 Å². The zero-order chi connectivity index (χ0) is 12.8. The van der Waals surface area contributed by atoms with E-state index in [0.29, 0.717) is 12.5 Å². The molecule has 1 rings (SSSR count). The van der Waals surface area contributed by atoms with Crippen molar-refractivity contribution in [3.05, 3.63) is 0 Å². The number of hydrogen-bond acceptors (Lipinski definition) is 7. The number of aliphatic hydroxyl groups excluding tert-OH is 1. The maximum Gasteiger partial charge on any atom is 0.324 e. The van der Waals surface area contributed by atoms with E-state index in [9.17, 15) is 5.11 Å². The molecule has 2 N–H and O–H groups in total. The van der Waals surface area contributed by atoms with E-state index < -0.39 is 6.10 Å². The first-order valence-electron chi connectivity index (χ1n) is 5.32. The number of rotatable bonds is 6. The molecule has 1 aromatic heterocycles. The molecule has 0 saturated carbocycles. The molecule has 1 aromatic rings. The molecule has 7 heteroatoms. The number of nitrogens with zero attached hydrogens (tertiary/aromatic N) is 3. The molecule has 0 aliphatic carbocycles. The molecule has 0 aliphatic rings. The number of anilines is 1. The lowest BCUT2D eigenvalue weighted by Gasteiger charge is -2.15. The lowest BCUT2D eigenvalue weighted by molar-refractivity contribution is 0.137. The van der Waals surface area contributed by atoms with Crippen LogP contribution in [0.25, 0.3) is 0 Å². The van der Waals surface area contributed by atoms with E-state index in [1.54, 1.807) is 0 Å². The average molecular weight is 242 g/mol.